The molecule has 3 N–H and O–H groups in total. The minimum Gasteiger partial charge on any atom is -0.399 e. The van der Waals surface area contributed by atoms with Crippen LogP contribution in [-0.4, -0.2) is 5.91 Å². The molecule has 3 nitrogen and oxygen atoms in total. The van der Waals surface area contributed by atoms with E-state index in [-0.39, 0.29) is 5.91 Å². The molecule has 0 unspecified atom stereocenters. The fraction of sp³-hybridized carbons (Fsp3) is 0.188. The second kappa shape index (κ2) is 6.05. The van der Waals surface area contributed by atoms with Gasteiger partial charge in [-0.05, 0) is 37.1 Å². The summed E-state index contributed by atoms with van der Waals surface area (Å²) in [4.78, 5) is 11.8. The maximum atomic E-state index is 11.8. The van der Waals surface area contributed by atoms with Crippen LogP contribution in [-0.2, 0) is 11.2 Å². The standard InChI is InChI=1S/C16H18N2O/c1-12-6-9-14(10-7-12)18-16(19)11-8-13-4-2-3-5-15(13)17/h2-7,9-10H,8,11,17H2,1H3,(H,18,19). The van der Waals surface area contributed by atoms with Gasteiger partial charge < -0.3 is 11.1 Å². The van der Waals surface area contributed by atoms with Gasteiger partial charge in [0, 0.05) is 17.8 Å². The van der Waals surface area contributed by atoms with E-state index in [1.54, 1.807) is 0 Å². The molecule has 19 heavy (non-hydrogen) atoms. The number of anilines is 2. The average Bonchev–Trinajstić information content (AvgIpc) is 2.40. The smallest absolute Gasteiger partial charge is 0.224 e. The highest BCUT2D eigenvalue weighted by Crippen LogP contribution is 2.14. The van der Waals surface area contributed by atoms with Crippen molar-refractivity contribution in [3.8, 4) is 0 Å². The van der Waals surface area contributed by atoms with Gasteiger partial charge in [-0.1, -0.05) is 35.9 Å². The summed E-state index contributed by atoms with van der Waals surface area (Å²) in [7, 11) is 0. The van der Waals surface area contributed by atoms with E-state index in [4.69, 9.17) is 5.73 Å². The van der Waals surface area contributed by atoms with Crippen molar-refractivity contribution >= 4 is 17.3 Å². The van der Waals surface area contributed by atoms with Crippen LogP contribution < -0.4 is 11.1 Å². The van der Waals surface area contributed by atoms with Crippen LogP contribution in [0.5, 0.6) is 0 Å². The van der Waals surface area contributed by atoms with E-state index < -0.39 is 0 Å². The Bertz CT molecular complexity index is 561. The van der Waals surface area contributed by atoms with Crippen molar-refractivity contribution in [1.82, 2.24) is 0 Å². The quantitative estimate of drug-likeness (QED) is 0.823. The highest BCUT2D eigenvalue weighted by Gasteiger charge is 2.04. The zero-order valence-corrected chi connectivity index (χ0v) is 11.0. The number of carbonyl (C=O) groups excluding carboxylic acids is 1. The van der Waals surface area contributed by atoms with Crippen molar-refractivity contribution in [2.45, 2.75) is 19.8 Å². The van der Waals surface area contributed by atoms with Gasteiger partial charge in [-0.3, -0.25) is 4.79 Å². The second-order valence-corrected chi connectivity index (χ2v) is 4.61. The zero-order valence-electron chi connectivity index (χ0n) is 11.0. The molecule has 98 valence electrons. The highest BCUT2D eigenvalue weighted by molar-refractivity contribution is 5.90. The Morgan fingerprint density at radius 3 is 2.47 bits per heavy atom. The molecule has 0 fully saturated rings. The lowest BCUT2D eigenvalue weighted by molar-refractivity contribution is -0.116. The number of aryl methyl sites for hydroxylation is 2. The van der Waals surface area contributed by atoms with Gasteiger partial charge in [-0.25, -0.2) is 0 Å². The summed E-state index contributed by atoms with van der Waals surface area (Å²) >= 11 is 0. The number of nitrogen functional groups attached to an aromatic ring is 1. The van der Waals surface area contributed by atoms with Crippen molar-refractivity contribution in [3.63, 3.8) is 0 Å². The summed E-state index contributed by atoms with van der Waals surface area (Å²) in [5, 5.41) is 2.88. The van der Waals surface area contributed by atoms with Crippen LogP contribution in [0.4, 0.5) is 11.4 Å². The molecule has 2 rings (SSSR count). The summed E-state index contributed by atoms with van der Waals surface area (Å²) in [5.74, 6) is 0.00658. The zero-order chi connectivity index (χ0) is 13.7. The van der Waals surface area contributed by atoms with E-state index >= 15 is 0 Å². The van der Waals surface area contributed by atoms with Crippen LogP contribution in [0.2, 0.25) is 0 Å². The lowest BCUT2D eigenvalue weighted by Crippen LogP contribution is -2.12. The largest absolute Gasteiger partial charge is 0.399 e. The number of nitrogens with two attached hydrogens (primary N) is 1. The molecule has 0 radical (unpaired) electrons. The number of carbonyl (C=O) groups is 1. The molecule has 2 aromatic carbocycles. The van der Waals surface area contributed by atoms with Crippen molar-refractivity contribution < 1.29 is 4.79 Å². The molecular formula is C16H18N2O. The number of hydrogen-bond donors (Lipinski definition) is 2. The van der Waals surface area contributed by atoms with Gasteiger partial charge in [-0.15, -0.1) is 0 Å². The maximum Gasteiger partial charge on any atom is 0.224 e. The summed E-state index contributed by atoms with van der Waals surface area (Å²) in [5.41, 5.74) is 9.61. The first-order valence-corrected chi connectivity index (χ1v) is 6.35. The number of nitrogens with one attached hydrogen (secondary N) is 1. The van der Waals surface area contributed by atoms with Crippen molar-refractivity contribution in [1.29, 1.82) is 0 Å². The topological polar surface area (TPSA) is 55.1 Å². The van der Waals surface area contributed by atoms with Gasteiger partial charge >= 0.3 is 0 Å². The van der Waals surface area contributed by atoms with Gasteiger partial charge in [0.25, 0.3) is 0 Å². The van der Waals surface area contributed by atoms with Gasteiger partial charge in [0.05, 0.1) is 0 Å². The molecule has 0 saturated carbocycles. The van der Waals surface area contributed by atoms with E-state index in [1.165, 1.54) is 5.56 Å². The Hall–Kier alpha value is -2.29. The molecule has 0 aliphatic carbocycles. The third-order valence-electron chi connectivity index (χ3n) is 3.01. The summed E-state index contributed by atoms with van der Waals surface area (Å²) in [6, 6.07) is 15.4. The SMILES string of the molecule is Cc1ccc(NC(=O)CCc2ccccc2N)cc1. The molecule has 1 amide bonds. The van der Waals surface area contributed by atoms with Crippen LogP contribution in [0.1, 0.15) is 17.5 Å². The summed E-state index contributed by atoms with van der Waals surface area (Å²) in [6.45, 7) is 2.02. The first kappa shape index (κ1) is 13.1. The Morgan fingerprint density at radius 2 is 1.79 bits per heavy atom. The lowest BCUT2D eigenvalue weighted by Gasteiger charge is -2.07. The first-order valence-electron chi connectivity index (χ1n) is 6.35. The molecule has 3 heteroatoms. The first-order chi connectivity index (χ1) is 9.15. The van der Waals surface area contributed by atoms with Crippen LogP contribution >= 0.6 is 0 Å². The molecule has 0 heterocycles. The molecule has 2 aromatic rings. The number of benzene rings is 2. The molecule has 0 atom stereocenters. The van der Waals surface area contributed by atoms with Crippen molar-refractivity contribution in [2.75, 3.05) is 11.1 Å². The minimum absolute atomic E-state index is 0.00658. The van der Waals surface area contributed by atoms with E-state index in [0.29, 0.717) is 12.8 Å². The van der Waals surface area contributed by atoms with Gasteiger partial charge in [0.2, 0.25) is 5.91 Å². The monoisotopic (exact) mass is 254 g/mol. The predicted octanol–water partition coefficient (Wildman–Crippen LogP) is 3.15. The molecular weight excluding hydrogens is 236 g/mol. The maximum absolute atomic E-state index is 11.8. The van der Waals surface area contributed by atoms with E-state index in [0.717, 1.165) is 16.9 Å². The van der Waals surface area contributed by atoms with E-state index in [2.05, 4.69) is 5.32 Å². The lowest BCUT2D eigenvalue weighted by atomic mass is 10.1. The Balaban J connectivity index is 1.88. The molecule has 0 aliphatic heterocycles. The highest BCUT2D eigenvalue weighted by atomic mass is 16.1. The minimum atomic E-state index is 0.00658. The van der Waals surface area contributed by atoms with E-state index in [1.807, 2.05) is 55.5 Å². The van der Waals surface area contributed by atoms with Gasteiger partial charge in [0.1, 0.15) is 0 Å². The van der Waals surface area contributed by atoms with Crippen LogP contribution in [0.15, 0.2) is 48.5 Å². The number of hydrogen-bond acceptors (Lipinski definition) is 2. The Morgan fingerprint density at radius 1 is 1.11 bits per heavy atom. The van der Waals surface area contributed by atoms with Gasteiger partial charge in [-0.2, -0.15) is 0 Å². The molecule has 0 aromatic heterocycles. The predicted molar refractivity (Wildman–Crippen MR) is 79.0 cm³/mol. The van der Waals surface area contributed by atoms with Crippen LogP contribution in [0, 0.1) is 6.92 Å². The Kier molecular flexibility index (Phi) is 4.18. The molecule has 0 spiro atoms. The average molecular weight is 254 g/mol. The Labute approximate surface area is 113 Å². The molecule has 0 bridgehead atoms. The fourth-order valence-electron chi connectivity index (χ4n) is 1.87. The van der Waals surface area contributed by atoms with Crippen molar-refractivity contribution in [2.24, 2.45) is 0 Å². The molecule has 0 aliphatic rings. The second-order valence-electron chi connectivity index (χ2n) is 4.61. The number of amides is 1. The van der Waals surface area contributed by atoms with Crippen LogP contribution in [0.25, 0.3) is 0 Å². The summed E-state index contributed by atoms with van der Waals surface area (Å²) < 4.78 is 0. The third kappa shape index (κ3) is 3.85. The number of para-hydroxylation sites is 1. The van der Waals surface area contributed by atoms with E-state index in [9.17, 15) is 4.79 Å². The van der Waals surface area contributed by atoms with Crippen LogP contribution in [0.3, 0.4) is 0 Å². The normalized spacial score (nSPS) is 10.2. The summed E-state index contributed by atoms with van der Waals surface area (Å²) in [6.07, 6.45) is 1.09. The third-order valence-corrected chi connectivity index (χ3v) is 3.01. The van der Waals surface area contributed by atoms with Crippen molar-refractivity contribution in [3.05, 3.63) is 59.7 Å². The molecule has 0 saturated heterocycles. The van der Waals surface area contributed by atoms with Gasteiger partial charge in [0.15, 0.2) is 0 Å². The number of rotatable bonds is 4. The fourth-order valence-corrected chi connectivity index (χ4v) is 1.87.